The van der Waals surface area contributed by atoms with Gasteiger partial charge in [-0.05, 0) is 75.1 Å². The number of aromatic nitrogens is 8. The Morgan fingerprint density at radius 2 is 1.33 bits per heavy atom. The number of nitrogens with two attached hydrogens (primary N) is 3. The lowest BCUT2D eigenvalue weighted by atomic mass is 9.89. The number of hydrogen-bond acceptors (Lipinski definition) is 19. The first-order valence-corrected chi connectivity index (χ1v) is 21.5. The van der Waals surface area contributed by atoms with Gasteiger partial charge in [0.15, 0.2) is 40.4 Å². The average molecular weight is 946 g/mol. The van der Waals surface area contributed by atoms with E-state index >= 15 is 0 Å². The number of halogens is 3. The Kier molecular flexibility index (Phi) is 13.5. The molecule has 0 saturated carbocycles. The van der Waals surface area contributed by atoms with Crippen molar-refractivity contribution in [3.8, 4) is 34.6 Å². The highest BCUT2D eigenvalue weighted by atomic mass is 19.4. The second-order valence-corrected chi connectivity index (χ2v) is 16.8. The summed E-state index contributed by atoms with van der Waals surface area (Å²) in [6, 6.07) is 12.8. The molecular formula is C45H46F3N17O4. The number of rotatable bonds is 13. The number of alkyl halides is 3. The van der Waals surface area contributed by atoms with Gasteiger partial charge in [0.1, 0.15) is 28.8 Å². The van der Waals surface area contributed by atoms with Crippen LogP contribution in [0.25, 0.3) is 22.8 Å². The van der Waals surface area contributed by atoms with E-state index in [2.05, 4.69) is 71.5 Å². The summed E-state index contributed by atoms with van der Waals surface area (Å²) >= 11 is 0. The van der Waals surface area contributed by atoms with Crippen LogP contribution in [0.5, 0.6) is 5.75 Å². The molecule has 6 aromatic heterocycles. The first-order valence-electron chi connectivity index (χ1n) is 21.5. The lowest BCUT2D eigenvalue weighted by molar-refractivity contribution is -0.274. The fourth-order valence-corrected chi connectivity index (χ4v) is 7.89. The third-order valence-corrected chi connectivity index (χ3v) is 11.6. The van der Waals surface area contributed by atoms with Crippen molar-refractivity contribution in [2.24, 2.45) is 11.5 Å². The molecule has 9 N–H and O–H groups in total. The maximum Gasteiger partial charge on any atom is 0.573 e. The van der Waals surface area contributed by atoms with Gasteiger partial charge in [-0.25, -0.2) is 29.9 Å². The Labute approximate surface area is 392 Å². The first kappa shape index (κ1) is 47.4. The molecule has 6 aromatic rings. The molecule has 0 aliphatic carbocycles. The molecule has 0 radical (unpaired) electrons. The number of amides is 2. The van der Waals surface area contributed by atoms with Crippen molar-refractivity contribution in [3.05, 3.63) is 96.6 Å². The van der Waals surface area contributed by atoms with Gasteiger partial charge in [-0.15, -0.1) is 13.2 Å². The van der Waals surface area contributed by atoms with Crippen molar-refractivity contribution in [1.82, 2.24) is 39.9 Å². The Bertz CT molecular complexity index is 2920. The summed E-state index contributed by atoms with van der Waals surface area (Å²) in [5.41, 5.74) is 18.4. The minimum absolute atomic E-state index is 0.0301. The molecular weight excluding hydrogens is 900 g/mol. The van der Waals surface area contributed by atoms with Crippen LogP contribution in [0.1, 0.15) is 59.1 Å². The van der Waals surface area contributed by atoms with E-state index in [1.807, 2.05) is 17.9 Å². The molecule has 0 unspecified atom stereocenters. The van der Waals surface area contributed by atoms with E-state index in [0.29, 0.717) is 57.0 Å². The highest BCUT2D eigenvalue weighted by Gasteiger charge is 2.35. The van der Waals surface area contributed by atoms with Gasteiger partial charge >= 0.3 is 6.36 Å². The van der Waals surface area contributed by atoms with Crippen LogP contribution in [0.15, 0.2) is 79.6 Å². The Morgan fingerprint density at radius 1 is 0.768 bits per heavy atom. The number of nitriles is 1. The largest absolute Gasteiger partial charge is 0.573 e. The molecule has 0 bridgehead atoms. The molecule has 8 rings (SSSR count). The number of carbonyl (C=O) groups is 2. The minimum Gasteiger partial charge on any atom is -0.403 e. The number of methoxy groups -OCH3 is 1. The van der Waals surface area contributed by atoms with Crippen LogP contribution >= 0.6 is 0 Å². The summed E-state index contributed by atoms with van der Waals surface area (Å²) in [6.45, 7) is 4.74. The van der Waals surface area contributed by atoms with Crippen molar-refractivity contribution < 1.29 is 32.2 Å². The predicted octanol–water partition coefficient (Wildman–Crippen LogP) is 5.04. The normalized spacial score (nSPS) is 15.4. The smallest absolute Gasteiger partial charge is 0.403 e. The van der Waals surface area contributed by atoms with Crippen LogP contribution < -0.4 is 47.7 Å². The van der Waals surface area contributed by atoms with Gasteiger partial charge in [-0.2, -0.15) is 5.26 Å². The van der Waals surface area contributed by atoms with Gasteiger partial charge in [0, 0.05) is 63.0 Å². The molecule has 0 aromatic carbocycles. The third kappa shape index (κ3) is 11.0. The Morgan fingerprint density at radius 3 is 1.96 bits per heavy atom. The third-order valence-electron chi connectivity index (χ3n) is 11.6. The zero-order valence-corrected chi connectivity index (χ0v) is 37.3. The van der Waals surface area contributed by atoms with Gasteiger partial charge in [-0.3, -0.25) is 19.6 Å². The number of hydrogen-bond donors (Lipinski definition) is 6. The van der Waals surface area contributed by atoms with Crippen molar-refractivity contribution in [2.75, 3.05) is 71.4 Å². The molecule has 2 aliphatic rings. The quantitative estimate of drug-likeness (QED) is 0.0883. The van der Waals surface area contributed by atoms with E-state index in [0.717, 1.165) is 25.1 Å². The lowest BCUT2D eigenvalue weighted by Crippen LogP contribution is -2.53. The van der Waals surface area contributed by atoms with E-state index < -0.39 is 35.2 Å². The number of nitrogens with one attached hydrogen (secondary N) is 3. The monoisotopic (exact) mass is 945 g/mol. The van der Waals surface area contributed by atoms with E-state index in [1.54, 1.807) is 31.5 Å². The fraction of sp³-hybridized carbons (Fsp3) is 0.311. The lowest BCUT2D eigenvalue weighted by Gasteiger charge is -2.40. The van der Waals surface area contributed by atoms with Crippen molar-refractivity contribution in [2.45, 2.75) is 50.0 Å². The van der Waals surface area contributed by atoms with E-state index in [-0.39, 0.29) is 68.5 Å². The molecule has 69 heavy (non-hydrogen) atoms. The first-order chi connectivity index (χ1) is 33.0. The summed E-state index contributed by atoms with van der Waals surface area (Å²) in [4.78, 5) is 66.9. The Balaban J connectivity index is 1.08. The predicted molar refractivity (Wildman–Crippen MR) is 248 cm³/mol. The van der Waals surface area contributed by atoms with Gasteiger partial charge in [0.25, 0.3) is 11.8 Å². The van der Waals surface area contributed by atoms with E-state index in [4.69, 9.17) is 21.9 Å². The number of nitrogen functional groups attached to an aromatic ring is 1. The molecule has 0 spiro atoms. The van der Waals surface area contributed by atoms with E-state index in [9.17, 15) is 28.0 Å². The summed E-state index contributed by atoms with van der Waals surface area (Å²) in [5.74, 6) is -2.18. The van der Waals surface area contributed by atoms with Crippen LogP contribution in [-0.4, -0.2) is 109 Å². The minimum atomic E-state index is -5.07. The molecule has 2 amide bonds. The van der Waals surface area contributed by atoms with Gasteiger partial charge in [0.05, 0.1) is 47.8 Å². The molecule has 0 atom stereocenters. The molecule has 2 fully saturated rings. The molecule has 2 aliphatic heterocycles. The van der Waals surface area contributed by atoms with Gasteiger partial charge < -0.3 is 52.4 Å². The van der Waals surface area contributed by atoms with Crippen LogP contribution in [0.2, 0.25) is 0 Å². The number of pyridine rings is 4. The standard InChI is InChI=1S/C45H46F3N17O4/c1-43(51)9-16-64(17-10-43)30-6-3-14-54-38(30)62-41(66)35-37(50)57-23-28(60-35)33-26(21-49)20-27(22-56-33)59-40-36(61-29(24-58-40)34-32(8-5-13-53-34)69-45(46,47)48)42(67)63-39-31(7-4-15-55-39)65-18-11-44(52,12-19-65)25-68-2/h3-8,13-15,20,22-24H,9-12,16-19,25,51-52H2,1-2H3,(H2,50,57)(H,58,59)(H,54,62,66)(H,55,63,67). The van der Waals surface area contributed by atoms with Crippen molar-refractivity contribution >= 4 is 52.1 Å². The topological polar surface area (TPSA) is 300 Å². The maximum atomic E-state index is 14.3. The van der Waals surface area contributed by atoms with Crippen molar-refractivity contribution in [3.63, 3.8) is 0 Å². The highest BCUT2D eigenvalue weighted by molar-refractivity contribution is 6.08. The molecule has 356 valence electrons. The number of nitrogens with zero attached hydrogens (tertiary/aromatic N) is 11. The van der Waals surface area contributed by atoms with Gasteiger partial charge in [0.2, 0.25) is 0 Å². The number of carbonyl (C=O) groups excluding carboxylic acids is 2. The Hall–Kier alpha value is -8.14. The number of anilines is 7. The molecule has 2 saturated heterocycles. The van der Waals surface area contributed by atoms with Crippen LogP contribution in [0.3, 0.4) is 0 Å². The second-order valence-electron chi connectivity index (χ2n) is 16.8. The highest BCUT2D eigenvalue weighted by Crippen LogP contribution is 2.35. The molecule has 24 heteroatoms. The zero-order chi connectivity index (χ0) is 48.9. The summed E-state index contributed by atoms with van der Waals surface area (Å²) < 4.78 is 49.9. The van der Waals surface area contributed by atoms with Gasteiger partial charge in [-0.1, -0.05) is 0 Å². The van der Waals surface area contributed by atoms with E-state index in [1.165, 1.54) is 36.9 Å². The van der Waals surface area contributed by atoms with Crippen LogP contribution in [-0.2, 0) is 4.74 Å². The average Bonchev–Trinajstić information content (AvgIpc) is 3.32. The maximum absolute atomic E-state index is 14.3. The van der Waals surface area contributed by atoms with Crippen LogP contribution in [0.4, 0.5) is 53.5 Å². The summed E-state index contributed by atoms with van der Waals surface area (Å²) in [7, 11) is 1.59. The summed E-state index contributed by atoms with van der Waals surface area (Å²) in [6.07, 6.45) is 5.52. The molecule has 21 nitrogen and oxygen atoms in total. The second kappa shape index (κ2) is 19.6. The fourth-order valence-electron chi connectivity index (χ4n) is 7.89. The zero-order valence-electron chi connectivity index (χ0n) is 37.3. The SMILES string of the molecule is COCC1(N)CCN(c2cccnc2NC(=O)c2nc(-c3ncccc3OC(F)(F)F)cnc2Nc2cnc(-c3cnc(N)c(C(=O)Nc4ncccc4N4CCC(C)(N)CC4)n3)c(C#N)c2)CC1. The summed E-state index contributed by atoms with van der Waals surface area (Å²) in [5, 5.41) is 18.9. The molecule has 8 heterocycles. The van der Waals surface area contributed by atoms with Crippen molar-refractivity contribution in [1.29, 1.82) is 5.26 Å². The number of piperidine rings is 2. The number of ether oxygens (including phenoxy) is 2. The van der Waals surface area contributed by atoms with Crippen LogP contribution in [0, 0.1) is 11.3 Å².